The largest absolute Gasteiger partial charge is 0.460 e. The molecule has 0 bridgehead atoms. The van der Waals surface area contributed by atoms with Crippen molar-refractivity contribution in [2.24, 2.45) is 5.73 Å². The number of hydrogen-bond donors (Lipinski definition) is 1. The molecule has 0 amide bonds. The molecule has 7 nitrogen and oxygen atoms in total. The molecule has 0 fully saturated rings. The van der Waals surface area contributed by atoms with Gasteiger partial charge in [0.05, 0.1) is 10.7 Å². The fourth-order valence-corrected chi connectivity index (χ4v) is 3.03. The maximum Gasteiger partial charge on any atom is 0.313 e. The molecule has 1 aliphatic rings. The topological polar surface area (TPSA) is 100 Å². The van der Waals surface area contributed by atoms with Gasteiger partial charge < -0.3 is 14.7 Å². The van der Waals surface area contributed by atoms with E-state index in [2.05, 4.69) is 4.85 Å². The molecule has 0 radical (unpaired) electrons. The Morgan fingerprint density at radius 2 is 2.00 bits per heavy atom. The van der Waals surface area contributed by atoms with Gasteiger partial charge in [0.25, 0.3) is 0 Å². The van der Waals surface area contributed by atoms with Crippen molar-refractivity contribution in [3.63, 3.8) is 0 Å². The van der Waals surface area contributed by atoms with E-state index in [1.54, 1.807) is 6.07 Å². The van der Waals surface area contributed by atoms with Crippen LogP contribution in [0.2, 0.25) is 0 Å². The van der Waals surface area contributed by atoms with Crippen LogP contribution in [0.5, 0.6) is 0 Å². The number of carbonyl (C=O) groups excluding carboxylic acids is 1. The SMILES string of the molecule is [2H]C1(c2cccc([N+]#[C-])c2)OC(N)=C(OS(=O)(=O)C([2H])([2H])c2ccccc2)C1=O. The minimum Gasteiger partial charge on any atom is -0.460 e. The van der Waals surface area contributed by atoms with Gasteiger partial charge in [0, 0.05) is 0 Å². The van der Waals surface area contributed by atoms with Crippen molar-refractivity contribution in [2.75, 3.05) is 0 Å². The van der Waals surface area contributed by atoms with Crippen molar-refractivity contribution in [1.82, 2.24) is 0 Å². The summed E-state index contributed by atoms with van der Waals surface area (Å²) in [5.74, 6) is -3.00. The normalized spacial score (nSPS) is 22.0. The standard InChI is InChI=1S/C18H14N2O5S/c1-20-14-9-5-8-13(10-14)16-15(21)17(18(19)24-16)25-26(22,23)11-12-6-3-2-4-7-12/h2-10,16H,11,19H2/i11D2,16D. The minimum absolute atomic E-state index is 0.0546. The summed E-state index contributed by atoms with van der Waals surface area (Å²) in [5.41, 5.74) is 2.45. The monoisotopic (exact) mass is 373 g/mol. The lowest BCUT2D eigenvalue weighted by Crippen LogP contribution is -2.16. The summed E-state index contributed by atoms with van der Waals surface area (Å²) < 4.78 is 59.1. The van der Waals surface area contributed by atoms with Crippen molar-refractivity contribution >= 4 is 21.6 Å². The molecule has 1 atom stereocenters. The van der Waals surface area contributed by atoms with Gasteiger partial charge in [-0.25, -0.2) is 4.85 Å². The second-order valence-corrected chi connectivity index (χ2v) is 6.40. The van der Waals surface area contributed by atoms with Crippen LogP contribution in [0.3, 0.4) is 0 Å². The molecule has 2 aromatic rings. The average Bonchev–Trinajstić information content (AvgIpc) is 2.92. The Balaban J connectivity index is 1.95. The van der Waals surface area contributed by atoms with Crippen LogP contribution in [0.4, 0.5) is 5.69 Å². The summed E-state index contributed by atoms with van der Waals surface area (Å²) >= 11 is 0. The highest BCUT2D eigenvalue weighted by atomic mass is 32.2. The molecular formula is C18H14N2O5S. The fourth-order valence-electron chi connectivity index (χ4n) is 2.18. The summed E-state index contributed by atoms with van der Waals surface area (Å²) in [4.78, 5) is 15.9. The molecule has 1 heterocycles. The van der Waals surface area contributed by atoms with Crippen LogP contribution in [0.25, 0.3) is 4.85 Å². The molecule has 2 aromatic carbocycles. The molecule has 2 N–H and O–H groups in total. The number of Topliss-reactive ketones (excluding diaryl/α,β-unsaturated/α-hetero) is 1. The molecule has 0 spiro atoms. The molecule has 3 rings (SSSR count). The lowest BCUT2D eigenvalue weighted by atomic mass is 10.1. The Labute approximate surface area is 154 Å². The van der Waals surface area contributed by atoms with Crippen LogP contribution in [0.15, 0.2) is 66.2 Å². The number of carbonyl (C=O) groups is 1. The van der Waals surface area contributed by atoms with Crippen molar-refractivity contribution in [3.8, 4) is 0 Å². The summed E-state index contributed by atoms with van der Waals surface area (Å²) in [6.07, 6.45) is -2.46. The first-order valence-corrected chi connectivity index (χ1v) is 8.65. The fraction of sp³-hybridized carbons (Fsp3) is 0.111. The highest BCUT2D eigenvalue weighted by Gasteiger charge is 2.39. The van der Waals surface area contributed by atoms with Gasteiger partial charge in [-0.2, -0.15) is 8.42 Å². The summed E-state index contributed by atoms with van der Waals surface area (Å²) in [6, 6.07) is 12.4. The Morgan fingerprint density at radius 1 is 1.27 bits per heavy atom. The molecular weight excluding hydrogens is 356 g/mol. The molecule has 8 heteroatoms. The predicted octanol–water partition coefficient (Wildman–Crippen LogP) is 2.55. The Bertz CT molecular complexity index is 1160. The van der Waals surface area contributed by atoms with E-state index < -0.39 is 39.3 Å². The van der Waals surface area contributed by atoms with E-state index in [-0.39, 0.29) is 16.8 Å². The lowest BCUT2D eigenvalue weighted by Gasteiger charge is -2.10. The van der Waals surface area contributed by atoms with Crippen molar-refractivity contribution in [1.29, 1.82) is 0 Å². The quantitative estimate of drug-likeness (QED) is 0.639. The third kappa shape index (κ3) is 3.68. The van der Waals surface area contributed by atoms with Crippen LogP contribution in [-0.4, -0.2) is 14.2 Å². The van der Waals surface area contributed by atoms with Gasteiger partial charge in [-0.15, -0.1) is 0 Å². The van der Waals surface area contributed by atoms with Crippen molar-refractivity contribution in [3.05, 3.63) is 88.8 Å². The van der Waals surface area contributed by atoms with E-state index in [1.807, 2.05) is 0 Å². The number of rotatable bonds is 5. The van der Waals surface area contributed by atoms with Gasteiger partial charge in [0.15, 0.2) is 11.8 Å². The van der Waals surface area contributed by atoms with Gasteiger partial charge in [0.1, 0.15) is 5.70 Å². The molecule has 0 saturated carbocycles. The van der Waals surface area contributed by atoms with E-state index in [9.17, 15) is 13.2 Å². The van der Waals surface area contributed by atoms with E-state index in [0.717, 1.165) is 0 Å². The van der Waals surface area contributed by atoms with Crippen molar-refractivity contribution in [2.45, 2.75) is 11.8 Å². The maximum absolute atomic E-state index is 12.7. The Kier molecular flexibility index (Phi) is 3.69. The minimum atomic E-state index is -5.04. The number of ketones is 1. The average molecular weight is 373 g/mol. The second kappa shape index (κ2) is 6.90. The molecule has 1 unspecified atom stereocenters. The first-order valence-electron chi connectivity index (χ1n) is 8.74. The smallest absolute Gasteiger partial charge is 0.313 e. The van der Waals surface area contributed by atoms with Gasteiger partial charge in [-0.3, -0.25) is 4.79 Å². The predicted molar refractivity (Wildman–Crippen MR) is 92.9 cm³/mol. The first-order chi connectivity index (χ1) is 13.5. The van der Waals surface area contributed by atoms with Crippen molar-refractivity contribution < 1.29 is 26.2 Å². The number of ether oxygens (including phenoxy) is 1. The lowest BCUT2D eigenvalue weighted by molar-refractivity contribution is -0.123. The van der Waals surface area contributed by atoms with Gasteiger partial charge in [0.2, 0.25) is 17.4 Å². The van der Waals surface area contributed by atoms with E-state index in [4.69, 9.17) is 25.3 Å². The van der Waals surface area contributed by atoms with E-state index in [1.165, 1.54) is 48.5 Å². The van der Waals surface area contributed by atoms with E-state index >= 15 is 0 Å². The highest BCUT2D eigenvalue weighted by Crippen LogP contribution is 2.34. The summed E-state index contributed by atoms with van der Waals surface area (Å²) in [5, 5.41) is 0. The van der Waals surface area contributed by atoms with E-state index in [0.29, 0.717) is 0 Å². The zero-order valence-corrected chi connectivity index (χ0v) is 14.0. The Hall–Kier alpha value is -3.31. The zero-order chi connectivity index (χ0) is 21.4. The molecule has 0 aromatic heterocycles. The summed E-state index contributed by atoms with van der Waals surface area (Å²) in [7, 11) is -5.04. The molecule has 26 heavy (non-hydrogen) atoms. The summed E-state index contributed by atoms with van der Waals surface area (Å²) in [6.45, 7) is 7.03. The Morgan fingerprint density at radius 3 is 2.69 bits per heavy atom. The zero-order valence-electron chi connectivity index (χ0n) is 16.2. The highest BCUT2D eigenvalue weighted by molar-refractivity contribution is 7.86. The molecule has 0 saturated heterocycles. The van der Waals surface area contributed by atoms with Crippen LogP contribution in [-0.2, 0) is 29.5 Å². The number of hydrogen-bond acceptors (Lipinski definition) is 6. The maximum atomic E-state index is 12.7. The first kappa shape index (κ1) is 13.9. The molecule has 1 aliphatic heterocycles. The van der Waals surface area contributed by atoms with Crippen LogP contribution in [0, 0.1) is 6.57 Å². The van der Waals surface area contributed by atoms with Gasteiger partial charge >= 0.3 is 10.1 Å². The molecule has 132 valence electrons. The third-order valence-electron chi connectivity index (χ3n) is 3.30. The third-order valence-corrected chi connectivity index (χ3v) is 4.17. The second-order valence-electron chi connectivity index (χ2n) is 5.12. The number of nitrogens with zero attached hydrogens (tertiary/aromatic N) is 1. The number of benzene rings is 2. The van der Waals surface area contributed by atoms with Crippen LogP contribution in [0.1, 0.15) is 21.3 Å². The van der Waals surface area contributed by atoms with Gasteiger partial charge in [-0.05, 0) is 17.2 Å². The number of nitrogens with two attached hydrogens (primary N) is 1. The van der Waals surface area contributed by atoms with Crippen LogP contribution >= 0.6 is 0 Å². The van der Waals surface area contributed by atoms with Crippen LogP contribution < -0.4 is 5.73 Å². The molecule has 0 aliphatic carbocycles. The van der Waals surface area contributed by atoms with Gasteiger partial charge in [-0.1, -0.05) is 48.5 Å².